The molecule has 2 heteroatoms. The molecule has 164 valence electrons. The molecule has 0 saturated carbocycles. The molecule has 31 heavy (non-hydrogen) atoms. The molecule has 0 aliphatic heterocycles. The Bertz CT molecular complexity index is 909. The van der Waals surface area contributed by atoms with E-state index in [1.807, 2.05) is 6.49 Å². The fourth-order valence-electron chi connectivity index (χ4n) is 5.30. The van der Waals surface area contributed by atoms with Crippen LogP contribution in [0, 0.1) is 0 Å². The molecule has 0 spiro atoms. The second kappa shape index (κ2) is 12.3. The minimum Gasteiger partial charge on any atom is -0.147 e. The molecular weight excluding hydrogens is 475 g/mol. The summed E-state index contributed by atoms with van der Waals surface area (Å²) < 4.78 is 4.51. The number of halogens is 1. The van der Waals surface area contributed by atoms with Gasteiger partial charge in [-0.25, -0.2) is 0 Å². The van der Waals surface area contributed by atoms with E-state index in [1.165, 1.54) is 68.9 Å². The number of allylic oxidation sites excluding steroid dienone is 4. The molecule has 0 bridgehead atoms. The van der Waals surface area contributed by atoms with Crippen molar-refractivity contribution in [2.24, 2.45) is 0 Å². The SMILES string of the molecule is CCCCC[C](CCCCC)=[Zr]([C]1=CC=CC1)[CH]1c2ccccc2-c2ccccc21.Cl. The Balaban J connectivity index is 0.00000272. The van der Waals surface area contributed by atoms with Crippen LogP contribution < -0.4 is 0 Å². The molecule has 2 aromatic rings. The number of hydrogen-bond acceptors (Lipinski definition) is 0. The quantitative estimate of drug-likeness (QED) is 0.279. The predicted molar refractivity (Wildman–Crippen MR) is 136 cm³/mol. The van der Waals surface area contributed by atoms with E-state index in [-0.39, 0.29) is 12.4 Å². The van der Waals surface area contributed by atoms with Crippen LogP contribution in [0.3, 0.4) is 0 Å². The van der Waals surface area contributed by atoms with Crippen molar-refractivity contribution in [3.8, 4) is 11.1 Å². The molecule has 0 unspecified atom stereocenters. The van der Waals surface area contributed by atoms with Crippen molar-refractivity contribution in [3.05, 3.63) is 81.2 Å². The largest absolute Gasteiger partial charge is 0.147 e. The fourth-order valence-corrected chi connectivity index (χ4v) is 14.8. The van der Waals surface area contributed by atoms with Crippen molar-refractivity contribution in [1.82, 2.24) is 0 Å². The molecule has 0 nitrogen and oxygen atoms in total. The average Bonchev–Trinajstić information content (AvgIpc) is 3.42. The van der Waals surface area contributed by atoms with Gasteiger partial charge in [0.25, 0.3) is 0 Å². The third-order valence-electron chi connectivity index (χ3n) is 6.78. The summed E-state index contributed by atoms with van der Waals surface area (Å²) in [5.74, 6) is 0. The van der Waals surface area contributed by atoms with Gasteiger partial charge in [0.1, 0.15) is 0 Å². The maximum absolute atomic E-state index is 2.51. The summed E-state index contributed by atoms with van der Waals surface area (Å²) in [7, 11) is 0. The Morgan fingerprint density at radius 3 is 1.84 bits per heavy atom. The van der Waals surface area contributed by atoms with Crippen LogP contribution >= 0.6 is 12.4 Å². The van der Waals surface area contributed by atoms with Gasteiger partial charge in [-0.3, -0.25) is 0 Å². The van der Waals surface area contributed by atoms with E-state index in [0.717, 1.165) is 0 Å². The summed E-state index contributed by atoms with van der Waals surface area (Å²) in [5.41, 5.74) is 6.27. The molecule has 0 atom stereocenters. The van der Waals surface area contributed by atoms with Crippen molar-refractivity contribution in [2.75, 3.05) is 0 Å². The van der Waals surface area contributed by atoms with Crippen LogP contribution in [0.25, 0.3) is 11.1 Å². The molecule has 0 heterocycles. The maximum atomic E-state index is 2.51. The average molecular weight is 512 g/mol. The summed E-state index contributed by atoms with van der Waals surface area (Å²) in [6.07, 6.45) is 19.4. The van der Waals surface area contributed by atoms with Crippen molar-refractivity contribution in [3.63, 3.8) is 0 Å². The topological polar surface area (TPSA) is 0 Å². The number of benzene rings is 2. The van der Waals surface area contributed by atoms with Crippen LogP contribution in [-0.2, 0) is 21.3 Å². The first-order chi connectivity index (χ1) is 14.8. The molecule has 2 aliphatic rings. The van der Waals surface area contributed by atoms with Gasteiger partial charge < -0.3 is 0 Å². The Morgan fingerprint density at radius 2 is 1.35 bits per heavy atom. The maximum Gasteiger partial charge on any atom is -0.147 e. The minimum atomic E-state index is -2.06. The van der Waals surface area contributed by atoms with Gasteiger partial charge >= 0.3 is 192 Å². The first-order valence-electron chi connectivity index (χ1n) is 12.1. The van der Waals surface area contributed by atoms with Gasteiger partial charge in [-0.2, -0.15) is 0 Å². The van der Waals surface area contributed by atoms with E-state index < -0.39 is 21.3 Å². The predicted octanol–water partition coefficient (Wildman–Crippen LogP) is 8.97. The zero-order chi connectivity index (χ0) is 20.8. The normalized spacial score (nSPS) is 14.1. The molecule has 2 aromatic carbocycles. The molecule has 2 aliphatic carbocycles. The molecule has 0 fully saturated rings. The van der Waals surface area contributed by atoms with E-state index in [1.54, 1.807) is 11.1 Å². The van der Waals surface area contributed by atoms with Gasteiger partial charge in [0.05, 0.1) is 0 Å². The van der Waals surface area contributed by atoms with Crippen LogP contribution in [0.4, 0.5) is 0 Å². The Hall–Kier alpha value is -1.04. The van der Waals surface area contributed by atoms with Gasteiger partial charge in [0.15, 0.2) is 0 Å². The van der Waals surface area contributed by atoms with Crippen molar-refractivity contribution in [1.29, 1.82) is 0 Å². The molecule has 0 aromatic heterocycles. The van der Waals surface area contributed by atoms with E-state index in [2.05, 4.69) is 80.6 Å². The van der Waals surface area contributed by atoms with E-state index >= 15 is 0 Å². The van der Waals surface area contributed by atoms with Crippen LogP contribution in [0.15, 0.2) is 70.0 Å². The third-order valence-corrected chi connectivity index (χ3v) is 15.4. The molecule has 0 radical (unpaired) electrons. The van der Waals surface area contributed by atoms with E-state index in [9.17, 15) is 0 Å². The first kappa shape index (κ1) is 24.6. The Morgan fingerprint density at radius 1 is 0.806 bits per heavy atom. The number of hydrogen-bond donors (Lipinski definition) is 0. The monoisotopic (exact) mass is 510 g/mol. The second-order valence-corrected chi connectivity index (χ2v) is 15.6. The van der Waals surface area contributed by atoms with Gasteiger partial charge in [-0.15, -0.1) is 12.4 Å². The van der Waals surface area contributed by atoms with Crippen molar-refractivity contribution in [2.45, 2.75) is 75.3 Å². The number of rotatable bonds is 10. The second-order valence-electron chi connectivity index (χ2n) is 8.86. The minimum absolute atomic E-state index is 0. The smallest absolute Gasteiger partial charge is 0.147 e. The zero-order valence-corrected chi connectivity index (χ0v) is 22.5. The number of unbranched alkanes of at least 4 members (excludes halogenated alkanes) is 4. The van der Waals surface area contributed by atoms with Gasteiger partial charge in [0.2, 0.25) is 0 Å². The fraction of sp³-hybridized carbons (Fsp3) is 0.414. The molecule has 0 amide bonds. The first-order valence-corrected chi connectivity index (χ1v) is 16.0. The summed E-state index contributed by atoms with van der Waals surface area (Å²) in [6.45, 7) is 4.67. The van der Waals surface area contributed by atoms with Gasteiger partial charge in [-0.05, 0) is 0 Å². The van der Waals surface area contributed by atoms with E-state index in [0.29, 0.717) is 3.63 Å². The summed E-state index contributed by atoms with van der Waals surface area (Å²) in [4.78, 5) is 0. The van der Waals surface area contributed by atoms with Gasteiger partial charge in [-0.1, -0.05) is 0 Å². The van der Waals surface area contributed by atoms with E-state index in [4.69, 9.17) is 0 Å². The molecule has 0 saturated heterocycles. The van der Waals surface area contributed by atoms with Crippen molar-refractivity contribution < 1.29 is 21.3 Å². The van der Waals surface area contributed by atoms with Crippen LogP contribution in [-0.4, -0.2) is 3.21 Å². The van der Waals surface area contributed by atoms with Gasteiger partial charge in [0, 0.05) is 0 Å². The van der Waals surface area contributed by atoms with Crippen molar-refractivity contribution >= 4 is 15.6 Å². The molecular formula is C29H37ClZr. The van der Waals surface area contributed by atoms with Crippen LogP contribution in [0.5, 0.6) is 0 Å². The molecule has 0 N–H and O–H groups in total. The Labute approximate surface area is 203 Å². The van der Waals surface area contributed by atoms with Crippen LogP contribution in [0.1, 0.15) is 86.4 Å². The summed E-state index contributed by atoms with van der Waals surface area (Å²) in [6, 6.07) is 18.6. The third kappa shape index (κ3) is 5.48. The molecule has 4 rings (SSSR count). The summed E-state index contributed by atoms with van der Waals surface area (Å²) >= 11 is -2.06. The Kier molecular flexibility index (Phi) is 9.74. The van der Waals surface area contributed by atoms with Crippen LogP contribution in [0.2, 0.25) is 0 Å². The summed E-state index contributed by atoms with van der Waals surface area (Å²) in [5, 5.41) is 0. The zero-order valence-electron chi connectivity index (χ0n) is 19.2. The standard InChI is InChI=1S/C13H9.C11H22.C5H5.ClH.Zr/c1-3-7-12-10(5-1)9-11-6-2-4-8-13(11)12;1-3-5-7-9-11-10-8-6-4-2;1-2-4-5-3-1;;/h1-9H;3-10H2,1-2H3;1-3H,4H2;1H;. The number of fused-ring (bicyclic) bond motifs is 3.